The van der Waals surface area contributed by atoms with Gasteiger partial charge in [0.2, 0.25) is 0 Å². The van der Waals surface area contributed by atoms with E-state index in [1.807, 2.05) is 23.1 Å². The smallest absolute Gasteiger partial charge is 0.318 e. The fraction of sp³-hybridized carbons (Fsp3) is 0.375. The van der Waals surface area contributed by atoms with Gasteiger partial charge in [-0.1, -0.05) is 11.6 Å². The van der Waals surface area contributed by atoms with E-state index in [-0.39, 0.29) is 12.1 Å². The molecular formula is C16H18ClN7OS. The Morgan fingerprint density at radius 3 is 3.23 bits per heavy atom. The predicted molar refractivity (Wildman–Crippen MR) is 100 cm³/mol. The molecule has 26 heavy (non-hydrogen) atoms. The number of carbonyl (C=O) groups excluding carboxylic acids is 1. The first-order chi connectivity index (χ1) is 12.7. The van der Waals surface area contributed by atoms with Gasteiger partial charge in [0, 0.05) is 23.9 Å². The number of hydrogen-bond acceptors (Lipinski definition) is 5. The number of aromatic amines is 2. The Kier molecular flexibility index (Phi) is 4.98. The Labute approximate surface area is 159 Å². The second-order valence-electron chi connectivity index (χ2n) is 6.02. The van der Waals surface area contributed by atoms with Gasteiger partial charge in [-0.15, -0.1) is 16.9 Å². The van der Waals surface area contributed by atoms with Gasteiger partial charge in [-0.2, -0.15) is 10.3 Å². The molecule has 1 aromatic carbocycles. The predicted octanol–water partition coefficient (Wildman–Crippen LogP) is 2.97. The SMILES string of the molecule is O=C(NCCSc1cn[nH]n1)N1CCC[C@H]1c1nc2ccc(Cl)cc2[nH]1. The minimum Gasteiger partial charge on any atom is -0.340 e. The van der Waals surface area contributed by atoms with Gasteiger partial charge in [-0.3, -0.25) is 0 Å². The van der Waals surface area contributed by atoms with Crippen LogP contribution >= 0.6 is 23.4 Å². The van der Waals surface area contributed by atoms with Crippen molar-refractivity contribution in [3.63, 3.8) is 0 Å². The van der Waals surface area contributed by atoms with Gasteiger partial charge in [-0.05, 0) is 31.0 Å². The first-order valence-corrected chi connectivity index (χ1v) is 9.75. The second-order valence-corrected chi connectivity index (χ2v) is 7.58. The molecule has 1 fully saturated rings. The molecular weight excluding hydrogens is 374 g/mol. The van der Waals surface area contributed by atoms with Crippen molar-refractivity contribution < 1.29 is 4.79 Å². The molecule has 1 aliphatic rings. The average molecular weight is 392 g/mol. The zero-order valence-corrected chi connectivity index (χ0v) is 15.5. The first kappa shape index (κ1) is 17.2. The number of likely N-dealkylation sites (tertiary alicyclic amines) is 1. The highest BCUT2D eigenvalue weighted by molar-refractivity contribution is 7.99. The molecule has 4 rings (SSSR count). The van der Waals surface area contributed by atoms with Crippen molar-refractivity contribution in [3.8, 4) is 0 Å². The molecule has 8 nitrogen and oxygen atoms in total. The van der Waals surface area contributed by atoms with Crippen molar-refractivity contribution in [1.29, 1.82) is 0 Å². The number of halogens is 1. The van der Waals surface area contributed by atoms with Crippen LogP contribution in [0.2, 0.25) is 5.02 Å². The number of aromatic nitrogens is 5. The second kappa shape index (κ2) is 7.55. The molecule has 2 amide bonds. The zero-order valence-electron chi connectivity index (χ0n) is 13.9. The van der Waals surface area contributed by atoms with Gasteiger partial charge in [0.15, 0.2) is 0 Å². The number of nitrogens with one attached hydrogen (secondary N) is 3. The molecule has 3 heterocycles. The summed E-state index contributed by atoms with van der Waals surface area (Å²) >= 11 is 7.58. The summed E-state index contributed by atoms with van der Waals surface area (Å²) in [6.45, 7) is 1.29. The number of nitrogens with zero attached hydrogens (tertiary/aromatic N) is 4. The van der Waals surface area contributed by atoms with E-state index in [1.54, 1.807) is 18.0 Å². The number of hydrogen-bond donors (Lipinski definition) is 3. The van der Waals surface area contributed by atoms with Crippen LogP contribution in [0.25, 0.3) is 11.0 Å². The van der Waals surface area contributed by atoms with E-state index < -0.39 is 0 Å². The van der Waals surface area contributed by atoms with Gasteiger partial charge in [0.1, 0.15) is 10.9 Å². The van der Waals surface area contributed by atoms with Crippen molar-refractivity contribution in [2.24, 2.45) is 0 Å². The lowest BCUT2D eigenvalue weighted by Crippen LogP contribution is -2.40. The molecule has 0 radical (unpaired) electrons. The number of amides is 2. The van der Waals surface area contributed by atoms with Crippen LogP contribution in [-0.4, -0.2) is 55.2 Å². The molecule has 0 bridgehead atoms. The molecule has 1 aliphatic heterocycles. The summed E-state index contributed by atoms with van der Waals surface area (Å²) in [6, 6.07) is 5.46. The molecule has 0 aliphatic carbocycles. The third-order valence-corrected chi connectivity index (χ3v) is 5.45. The normalized spacial score (nSPS) is 17.1. The number of rotatable bonds is 5. The molecule has 1 saturated heterocycles. The number of fused-ring (bicyclic) bond motifs is 1. The number of urea groups is 1. The van der Waals surface area contributed by atoms with E-state index in [2.05, 4.69) is 30.7 Å². The maximum atomic E-state index is 12.6. The minimum atomic E-state index is -0.0632. The number of benzene rings is 1. The monoisotopic (exact) mass is 391 g/mol. The summed E-state index contributed by atoms with van der Waals surface area (Å²) in [5, 5.41) is 14.8. The van der Waals surface area contributed by atoms with Crippen LogP contribution in [-0.2, 0) is 0 Å². The van der Waals surface area contributed by atoms with Crippen molar-refractivity contribution in [3.05, 3.63) is 35.2 Å². The van der Waals surface area contributed by atoms with Crippen LogP contribution in [0.5, 0.6) is 0 Å². The van der Waals surface area contributed by atoms with Crippen molar-refractivity contribution in [2.75, 3.05) is 18.8 Å². The van der Waals surface area contributed by atoms with E-state index in [4.69, 9.17) is 11.6 Å². The van der Waals surface area contributed by atoms with Crippen LogP contribution in [0.4, 0.5) is 4.79 Å². The lowest BCUT2D eigenvalue weighted by molar-refractivity contribution is 0.192. The summed E-state index contributed by atoms with van der Waals surface area (Å²) in [4.78, 5) is 22.4. The standard InChI is InChI=1S/C16H18ClN7OS/c17-10-3-4-11-12(8-10)21-15(20-11)13-2-1-6-24(13)16(25)18-5-7-26-14-9-19-23-22-14/h3-4,8-9,13H,1-2,5-7H2,(H,18,25)(H,20,21)(H,19,22,23)/t13-/m0/s1. The summed E-state index contributed by atoms with van der Waals surface area (Å²) < 4.78 is 0. The van der Waals surface area contributed by atoms with Gasteiger partial charge in [0.05, 0.1) is 23.3 Å². The quantitative estimate of drug-likeness (QED) is 0.458. The average Bonchev–Trinajstić information content (AvgIpc) is 3.37. The molecule has 2 aromatic heterocycles. The Morgan fingerprint density at radius 2 is 2.38 bits per heavy atom. The van der Waals surface area contributed by atoms with E-state index in [9.17, 15) is 4.79 Å². The van der Waals surface area contributed by atoms with Gasteiger partial charge < -0.3 is 15.2 Å². The van der Waals surface area contributed by atoms with Crippen LogP contribution in [0, 0.1) is 0 Å². The van der Waals surface area contributed by atoms with Crippen LogP contribution in [0.1, 0.15) is 24.7 Å². The largest absolute Gasteiger partial charge is 0.340 e. The third-order valence-electron chi connectivity index (χ3n) is 4.31. The van der Waals surface area contributed by atoms with Crippen LogP contribution in [0.3, 0.4) is 0 Å². The molecule has 0 spiro atoms. The minimum absolute atomic E-state index is 0.0376. The third kappa shape index (κ3) is 3.63. The fourth-order valence-electron chi connectivity index (χ4n) is 3.13. The van der Waals surface area contributed by atoms with Crippen molar-refractivity contribution in [2.45, 2.75) is 23.9 Å². The maximum Gasteiger partial charge on any atom is 0.318 e. The summed E-state index contributed by atoms with van der Waals surface area (Å²) in [5.41, 5.74) is 1.75. The Bertz CT molecular complexity index is 897. The zero-order chi connectivity index (χ0) is 17.9. The van der Waals surface area contributed by atoms with Gasteiger partial charge in [0.25, 0.3) is 0 Å². The number of H-pyrrole nitrogens is 2. The van der Waals surface area contributed by atoms with Gasteiger partial charge >= 0.3 is 6.03 Å². The molecule has 10 heteroatoms. The molecule has 1 atom stereocenters. The van der Waals surface area contributed by atoms with Crippen molar-refractivity contribution in [1.82, 2.24) is 35.6 Å². The topological polar surface area (TPSA) is 103 Å². The van der Waals surface area contributed by atoms with Crippen molar-refractivity contribution >= 4 is 40.4 Å². The molecule has 0 unspecified atom stereocenters. The molecule has 3 N–H and O–H groups in total. The summed E-state index contributed by atoms with van der Waals surface area (Å²) in [6.07, 6.45) is 3.52. The number of imidazole rings is 1. The van der Waals surface area contributed by atoms with Crippen LogP contribution < -0.4 is 5.32 Å². The Balaban J connectivity index is 1.38. The Hall–Kier alpha value is -2.26. The van der Waals surface area contributed by atoms with E-state index in [1.165, 1.54) is 0 Å². The highest BCUT2D eigenvalue weighted by atomic mass is 35.5. The number of thioether (sulfide) groups is 1. The van der Waals surface area contributed by atoms with Gasteiger partial charge in [-0.25, -0.2) is 9.78 Å². The fourth-order valence-corrected chi connectivity index (χ4v) is 3.95. The maximum absolute atomic E-state index is 12.6. The highest BCUT2D eigenvalue weighted by Gasteiger charge is 2.32. The summed E-state index contributed by atoms with van der Waals surface area (Å²) in [7, 11) is 0. The number of carbonyl (C=O) groups is 1. The molecule has 136 valence electrons. The first-order valence-electron chi connectivity index (χ1n) is 8.39. The van der Waals surface area contributed by atoms with E-state index in [0.29, 0.717) is 11.6 Å². The lowest BCUT2D eigenvalue weighted by atomic mass is 10.2. The van der Waals surface area contributed by atoms with Crippen LogP contribution in [0.15, 0.2) is 29.4 Å². The lowest BCUT2D eigenvalue weighted by Gasteiger charge is -2.23. The summed E-state index contributed by atoms with van der Waals surface area (Å²) in [5.74, 6) is 1.55. The Morgan fingerprint density at radius 1 is 1.46 bits per heavy atom. The molecule has 0 saturated carbocycles. The highest BCUT2D eigenvalue weighted by Crippen LogP contribution is 2.31. The van der Waals surface area contributed by atoms with E-state index >= 15 is 0 Å². The van der Waals surface area contributed by atoms with E-state index in [0.717, 1.165) is 47.0 Å². The molecule has 3 aromatic rings.